The van der Waals surface area contributed by atoms with Gasteiger partial charge in [-0.3, -0.25) is 0 Å². The molecule has 110 valence electrons. The Hall–Kier alpha value is -2.53. The number of benzene rings is 2. The third kappa shape index (κ3) is 3.97. The number of carbonyl (C=O) groups is 1. The largest absolute Gasteiger partial charge is 0.497 e. The molecule has 4 N–H and O–H groups in total. The van der Waals surface area contributed by atoms with E-state index in [1.807, 2.05) is 43.3 Å². The first kappa shape index (κ1) is 14.9. The van der Waals surface area contributed by atoms with Gasteiger partial charge in [-0.05, 0) is 48.4 Å². The SMILES string of the molecule is COc1ccc(NC(=O)Nc2cccc(CN)c2)c(C)c1. The number of hydrogen-bond acceptors (Lipinski definition) is 3. The van der Waals surface area contributed by atoms with Crippen LogP contribution in [0.5, 0.6) is 5.75 Å². The zero-order chi connectivity index (χ0) is 15.2. The fourth-order valence-electron chi connectivity index (χ4n) is 1.96. The Labute approximate surface area is 124 Å². The van der Waals surface area contributed by atoms with Crippen molar-refractivity contribution >= 4 is 17.4 Å². The molecule has 0 saturated heterocycles. The van der Waals surface area contributed by atoms with Gasteiger partial charge in [0, 0.05) is 17.9 Å². The molecule has 0 radical (unpaired) electrons. The lowest BCUT2D eigenvalue weighted by Gasteiger charge is -2.11. The number of nitrogens with one attached hydrogen (secondary N) is 2. The van der Waals surface area contributed by atoms with Crippen molar-refractivity contribution in [3.8, 4) is 5.75 Å². The summed E-state index contributed by atoms with van der Waals surface area (Å²) < 4.78 is 5.14. The topological polar surface area (TPSA) is 76.4 Å². The number of anilines is 2. The molecule has 0 aliphatic carbocycles. The van der Waals surface area contributed by atoms with Crippen LogP contribution in [0.3, 0.4) is 0 Å². The fraction of sp³-hybridized carbons (Fsp3) is 0.188. The van der Waals surface area contributed by atoms with Gasteiger partial charge in [0.2, 0.25) is 0 Å². The van der Waals surface area contributed by atoms with Crippen molar-refractivity contribution in [2.24, 2.45) is 5.73 Å². The summed E-state index contributed by atoms with van der Waals surface area (Å²) in [6.07, 6.45) is 0. The van der Waals surface area contributed by atoms with Crippen molar-refractivity contribution in [1.82, 2.24) is 0 Å². The van der Waals surface area contributed by atoms with Crippen molar-refractivity contribution in [2.45, 2.75) is 13.5 Å². The Bertz CT molecular complexity index is 641. The minimum Gasteiger partial charge on any atom is -0.497 e. The lowest BCUT2D eigenvalue weighted by Crippen LogP contribution is -2.20. The monoisotopic (exact) mass is 285 g/mol. The van der Waals surface area contributed by atoms with Gasteiger partial charge in [0.15, 0.2) is 0 Å². The quantitative estimate of drug-likeness (QED) is 0.808. The van der Waals surface area contributed by atoms with Crippen molar-refractivity contribution in [3.05, 3.63) is 53.6 Å². The second-order valence-electron chi connectivity index (χ2n) is 4.66. The van der Waals surface area contributed by atoms with Crippen LogP contribution in [0.2, 0.25) is 0 Å². The summed E-state index contributed by atoms with van der Waals surface area (Å²) in [5.74, 6) is 0.758. The molecule has 0 heterocycles. The summed E-state index contributed by atoms with van der Waals surface area (Å²) in [6, 6.07) is 12.6. The molecule has 0 saturated carbocycles. The van der Waals surface area contributed by atoms with Gasteiger partial charge in [0.05, 0.1) is 7.11 Å². The zero-order valence-electron chi connectivity index (χ0n) is 12.1. The summed E-state index contributed by atoms with van der Waals surface area (Å²) in [7, 11) is 1.61. The van der Waals surface area contributed by atoms with Gasteiger partial charge in [-0.25, -0.2) is 4.79 Å². The van der Waals surface area contributed by atoms with Crippen LogP contribution >= 0.6 is 0 Å². The maximum Gasteiger partial charge on any atom is 0.323 e. The minimum atomic E-state index is -0.294. The number of nitrogens with two attached hydrogens (primary N) is 1. The number of hydrogen-bond donors (Lipinski definition) is 3. The molecule has 2 rings (SSSR count). The molecule has 2 aromatic carbocycles. The number of carbonyl (C=O) groups excluding carboxylic acids is 1. The van der Waals surface area contributed by atoms with Gasteiger partial charge >= 0.3 is 6.03 Å². The van der Waals surface area contributed by atoms with Crippen LogP contribution in [0.4, 0.5) is 16.2 Å². The summed E-state index contributed by atoms with van der Waals surface area (Å²) in [5, 5.41) is 5.59. The molecule has 5 nitrogen and oxygen atoms in total. The second kappa shape index (κ2) is 6.76. The third-order valence-corrected chi connectivity index (χ3v) is 3.10. The van der Waals surface area contributed by atoms with E-state index in [2.05, 4.69) is 10.6 Å². The Morgan fingerprint density at radius 3 is 2.67 bits per heavy atom. The van der Waals surface area contributed by atoms with E-state index < -0.39 is 0 Å². The van der Waals surface area contributed by atoms with E-state index in [1.54, 1.807) is 13.2 Å². The van der Waals surface area contributed by atoms with E-state index in [0.29, 0.717) is 12.2 Å². The fourth-order valence-corrected chi connectivity index (χ4v) is 1.96. The zero-order valence-corrected chi connectivity index (χ0v) is 12.1. The van der Waals surface area contributed by atoms with Crippen molar-refractivity contribution < 1.29 is 9.53 Å². The van der Waals surface area contributed by atoms with Crippen LogP contribution in [0, 0.1) is 6.92 Å². The van der Waals surface area contributed by atoms with Crippen LogP contribution in [0.1, 0.15) is 11.1 Å². The number of rotatable bonds is 4. The van der Waals surface area contributed by atoms with Crippen LogP contribution in [0.25, 0.3) is 0 Å². The minimum absolute atomic E-state index is 0.294. The summed E-state index contributed by atoms with van der Waals surface area (Å²) >= 11 is 0. The highest BCUT2D eigenvalue weighted by Gasteiger charge is 2.06. The highest BCUT2D eigenvalue weighted by molar-refractivity contribution is 6.00. The van der Waals surface area contributed by atoms with Crippen molar-refractivity contribution in [2.75, 3.05) is 17.7 Å². The Kier molecular flexibility index (Phi) is 4.79. The molecular weight excluding hydrogens is 266 g/mol. The van der Waals surface area contributed by atoms with E-state index in [0.717, 1.165) is 22.6 Å². The second-order valence-corrected chi connectivity index (χ2v) is 4.66. The van der Waals surface area contributed by atoms with Gasteiger partial charge in [-0.15, -0.1) is 0 Å². The normalized spacial score (nSPS) is 10.0. The van der Waals surface area contributed by atoms with Gasteiger partial charge in [0.1, 0.15) is 5.75 Å². The molecule has 0 atom stereocenters. The first-order valence-electron chi connectivity index (χ1n) is 6.64. The lowest BCUT2D eigenvalue weighted by atomic mass is 10.2. The van der Waals surface area contributed by atoms with Crippen LogP contribution in [0.15, 0.2) is 42.5 Å². The first-order valence-corrected chi connectivity index (χ1v) is 6.64. The standard InChI is InChI=1S/C16H19N3O2/c1-11-8-14(21-2)6-7-15(11)19-16(20)18-13-5-3-4-12(9-13)10-17/h3-9H,10,17H2,1-2H3,(H2,18,19,20). The average molecular weight is 285 g/mol. The molecule has 0 aliphatic rings. The molecule has 21 heavy (non-hydrogen) atoms. The maximum atomic E-state index is 12.0. The molecule has 2 aromatic rings. The van der Waals surface area contributed by atoms with Gasteiger partial charge in [-0.1, -0.05) is 12.1 Å². The van der Waals surface area contributed by atoms with Gasteiger partial charge in [-0.2, -0.15) is 0 Å². The van der Waals surface area contributed by atoms with E-state index in [4.69, 9.17) is 10.5 Å². The molecule has 0 unspecified atom stereocenters. The molecular formula is C16H19N3O2. The number of urea groups is 1. The van der Waals surface area contributed by atoms with Crippen LogP contribution in [-0.2, 0) is 6.54 Å². The van der Waals surface area contributed by atoms with E-state index in [-0.39, 0.29) is 6.03 Å². The smallest absolute Gasteiger partial charge is 0.323 e. The molecule has 0 aliphatic heterocycles. The molecule has 0 spiro atoms. The highest BCUT2D eigenvalue weighted by atomic mass is 16.5. The van der Waals surface area contributed by atoms with Crippen molar-refractivity contribution in [3.63, 3.8) is 0 Å². The highest BCUT2D eigenvalue weighted by Crippen LogP contribution is 2.21. The summed E-state index contributed by atoms with van der Waals surface area (Å²) in [5.41, 5.74) is 8.93. The molecule has 5 heteroatoms. The van der Waals surface area contributed by atoms with Crippen molar-refractivity contribution in [1.29, 1.82) is 0 Å². The van der Waals surface area contributed by atoms with Crippen LogP contribution in [-0.4, -0.2) is 13.1 Å². The molecule has 0 bridgehead atoms. The number of methoxy groups -OCH3 is 1. The van der Waals surface area contributed by atoms with E-state index in [9.17, 15) is 4.79 Å². The molecule has 2 amide bonds. The predicted molar refractivity (Wildman–Crippen MR) is 84.7 cm³/mol. The van der Waals surface area contributed by atoms with E-state index in [1.165, 1.54) is 0 Å². The number of amides is 2. The molecule has 0 fully saturated rings. The maximum absolute atomic E-state index is 12.0. The van der Waals surface area contributed by atoms with Gasteiger partial charge < -0.3 is 21.1 Å². The Morgan fingerprint density at radius 1 is 1.19 bits per heavy atom. The molecule has 0 aromatic heterocycles. The summed E-state index contributed by atoms with van der Waals surface area (Å²) in [6.45, 7) is 2.35. The number of aryl methyl sites for hydroxylation is 1. The van der Waals surface area contributed by atoms with Crippen LogP contribution < -0.4 is 21.1 Å². The predicted octanol–water partition coefficient (Wildman–Crippen LogP) is 3.11. The van der Waals surface area contributed by atoms with Gasteiger partial charge in [0.25, 0.3) is 0 Å². The average Bonchev–Trinajstić information content (AvgIpc) is 2.49. The first-order chi connectivity index (χ1) is 10.1. The lowest BCUT2D eigenvalue weighted by molar-refractivity contribution is 0.262. The Balaban J connectivity index is 2.04. The summed E-state index contributed by atoms with van der Waals surface area (Å²) in [4.78, 5) is 12.0. The van der Waals surface area contributed by atoms with E-state index >= 15 is 0 Å². The Morgan fingerprint density at radius 2 is 2.00 bits per heavy atom. The third-order valence-electron chi connectivity index (χ3n) is 3.10. The number of ether oxygens (including phenoxy) is 1.